The molecule has 1 amide bonds. The van der Waals surface area contributed by atoms with Gasteiger partial charge in [-0.3, -0.25) is 9.78 Å². The monoisotopic (exact) mass is 272 g/mol. The van der Waals surface area contributed by atoms with E-state index in [0.717, 1.165) is 41.6 Å². The van der Waals surface area contributed by atoms with E-state index in [-0.39, 0.29) is 11.2 Å². The van der Waals surface area contributed by atoms with E-state index in [1.54, 1.807) is 18.0 Å². The van der Waals surface area contributed by atoms with Crippen molar-refractivity contribution in [2.75, 3.05) is 6.54 Å². The number of para-hydroxylation sites is 1. The van der Waals surface area contributed by atoms with Gasteiger partial charge in [-0.25, -0.2) is 0 Å². The number of nitrogens with one attached hydrogen (secondary N) is 1. The summed E-state index contributed by atoms with van der Waals surface area (Å²) < 4.78 is 0. The van der Waals surface area contributed by atoms with Crippen molar-refractivity contribution in [2.24, 2.45) is 0 Å². The van der Waals surface area contributed by atoms with Crippen molar-refractivity contribution in [2.45, 2.75) is 29.4 Å². The SMILES string of the molecule is O=C1NCCCCC1Sc1cccc2cccnc12. The predicted molar refractivity (Wildman–Crippen MR) is 78.2 cm³/mol. The molecule has 2 aromatic rings. The van der Waals surface area contributed by atoms with Gasteiger partial charge in [-0.15, -0.1) is 11.8 Å². The molecular formula is C15H16N2OS. The van der Waals surface area contributed by atoms with Crippen molar-refractivity contribution in [3.05, 3.63) is 36.5 Å². The molecule has 1 aliphatic heterocycles. The zero-order valence-corrected chi connectivity index (χ0v) is 11.5. The van der Waals surface area contributed by atoms with Gasteiger partial charge in [0.25, 0.3) is 0 Å². The first kappa shape index (κ1) is 12.5. The summed E-state index contributed by atoms with van der Waals surface area (Å²) in [5, 5.41) is 4.12. The Labute approximate surface area is 116 Å². The Kier molecular flexibility index (Phi) is 3.69. The Morgan fingerprint density at radius 2 is 2.11 bits per heavy atom. The molecule has 4 heteroatoms. The predicted octanol–water partition coefficient (Wildman–Crippen LogP) is 3.00. The molecule has 3 nitrogen and oxygen atoms in total. The van der Waals surface area contributed by atoms with Gasteiger partial charge < -0.3 is 5.32 Å². The van der Waals surface area contributed by atoms with Gasteiger partial charge in [0, 0.05) is 23.0 Å². The Morgan fingerprint density at radius 3 is 3.05 bits per heavy atom. The van der Waals surface area contributed by atoms with Crippen LogP contribution >= 0.6 is 11.8 Å². The smallest absolute Gasteiger partial charge is 0.233 e. The molecule has 1 aromatic heterocycles. The first-order valence-electron chi connectivity index (χ1n) is 6.63. The zero-order valence-electron chi connectivity index (χ0n) is 10.6. The molecule has 1 aliphatic rings. The average molecular weight is 272 g/mol. The number of fused-ring (bicyclic) bond motifs is 1. The van der Waals surface area contributed by atoms with Crippen LogP contribution in [0.5, 0.6) is 0 Å². The normalized spacial score (nSPS) is 20.0. The van der Waals surface area contributed by atoms with Crippen LogP contribution in [0.15, 0.2) is 41.4 Å². The molecule has 0 saturated carbocycles. The molecule has 98 valence electrons. The molecule has 0 aliphatic carbocycles. The maximum Gasteiger partial charge on any atom is 0.233 e. The van der Waals surface area contributed by atoms with Gasteiger partial charge in [0.2, 0.25) is 5.91 Å². The van der Waals surface area contributed by atoms with Crippen LogP contribution in [0, 0.1) is 0 Å². The van der Waals surface area contributed by atoms with E-state index in [1.807, 2.05) is 12.1 Å². The maximum absolute atomic E-state index is 12.0. The summed E-state index contributed by atoms with van der Waals surface area (Å²) in [7, 11) is 0. The third-order valence-corrected chi connectivity index (χ3v) is 4.67. The highest BCUT2D eigenvalue weighted by Gasteiger charge is 2.22. The van der Waals surface area contributed by atoms with Crippen molar-refractivity contribution in [1.29, 1.82) is 0 Å². The van der Waals surface area contributed by atoms with Crippen molar-refractivity contribution in [3.63, 3.8) is 0 Å². The quantitative estimate of drug-likeness (QED) is 0.914. The van der Waals surface area contributed by atoms with E-state index in [1.165, 1.54) is 0 Å². The second-order valence-electron chi connectivity index (χ2n) is 4.72. The number of carbonyl (C=O) groups is 1. The van der Waals surface area contributed by atoms with Gasteiger partial charge in [0.15, 0.2) is 0 Å². The Balaban J connectivity index is 1.90. The van der Waals surface area contributed by atoms with Gasteiger partial charge in [-0.2, -0.15) is 0 Å². The average Bonchev–Trinajstić information content (AvgIpc) is 2.65. The minimum atomic E-state index is 0.00936. The van der Waals surface area contributed by atoms with Crippen LogP contribution in [0.3, 0.4) is 0 Å². The number of nitrogens with zero attached hydrogens (tertiary/aromatic N) is 1. The van der Waals surface area contributed by atoms with Gasteiger partial charge in [0.05, 0.1) is 10.8 Å². The Morgan fingerprint density at radius 1 is 1.21 bits per heavy atom. The van der Waals surface area contributed by atoms with Crippen molar-refractivity contribution >= 4 is 28.6 Å². The van der Waals surface area contributed by atoms with Gasteiger partial charge in [0.1, 0.15) is 0 Å². The summed E-state index contributed by atoms with van der Waals surface area (Å²) in [6.45, 7) is 0.809. The highest BCUT2D eigenvalue weighted by Crippen LogP contribution is 2.32. The molecule has 0 bridgehead atoms. The van der Waals surface area contributed by atoms with Crippen LogP contribution in [0.1, 0.15) is 19.3 Å². The number of hydrogen-bond donors (Lipinski definition) is 1. The molecule has 1 N–H and O–H groups in total. The minimum absolute atomic E-state index is 0.00936. The molecule has 0 radical (unpaired) electrons. The lowest BCUT2D eigenvalue weighted by Gasteiger charge is -2.13. The second-order valence-corrected chi connectivity index (χ2v) is 5.97. The maximum atomic E-state index is 12.0. The van der Waals surface area contributed by atoms with Crippen LogP contribution < -0.4 is 5.32 Å². The van der Waals surface area contributed by atoms with Crippen LogP contribution in [0.2, 0.25) is 0 Å². The lowest BCUT2D eigenvalue weighted by atomic mass is 10.2. The largest absolute Gasteiger partial charge is 0.355 e. The number of rotatable bonds is 2. The van der Waals surface area contributed by atoms with Crippen molar-refractivity contribution in [1.82, 2.24) is 10.3 Å². The lowest BCUT2D eigenvalue weighted by Crippen LogP contribution is -2.30. The van der Waals surface area contributed by atoms with E-state index in [0.29, 0.717) is 0 Å². The number of hydrogen-bond acceptors (Lipinski definition) is 3. The molecule has 2 heterocycles. The molecule has 1 unspecified atom stereocenters. The molecule has 1 fully saturated rings. The van der Waals surface area contributed by atoms with E-state index < -0.39 is 0 Å². The molecule has 1 saturated heterocycles. The molecular weight excluding hydrogens is 256 g/mol. The number of thioether (sulfide) groups is 1. The fourth-order valence-corrected chi connectivity index (χ4v) is 3.57. The van der Waals surface area contributed by atoms with Gasteiger partial charge in [-0.1, -0.05) is 24.6 Å². The summed E-state index contributed by atoms with van der Waals surface area (Å²) in [6.07, 6.45) is 4.93. The standard InChI is InChI=1S/C15H16N2OS/c18-15-13(7-1-2-9-17-15)19-12-8-3-5-11-6-4-10-16-14(11)12/h3-6,8,10,13H,1-2,7,9H2,(H,17,18). The third kappa shape index (κ3) is 2.73. The number of amides is 1. The fourth-order valence-electron chi connectivity index (χ4n) is 2.35. The number of carbonyl (C=O) groups excluding carboxylic acids is 1. The number of aromatic nitrogens is 1. The summed E-state index contributed by atoms with van der Waals surface area (Å²) >= 11 is 1.64. The van der Waals surface area contributed by atoms with Gasteiger partial charge >= 0.3 is 0 Å². The fraction of sp³-hybridized carbons (Fsp3) is 0.333. The summed E-state index contributed by atoms with van der Waals surface area (Å²) in [6, 6.07) is 10.1. The van der Waals surface area contributed by atoms with Gasteiger partial charge in [-0.05, 0) is 25.0 Å². The van der Waals surface area contributed by atoms with E-state index in [2.05, 4.69) is 28.5 Å². The topological polar surface area (TPSA) is 42.0 Å². The van der Waals surface area contributed by atoms with Crippen LogP contribution in [-0.4, -0.2) is 22.7 Å². The summed E-state index contributed by atoms with van der Waals surface area (Å²) in [5.41, 5.74) is 0.993. The highest BCUT2D eigenvalue weighted by atomic mass is 32.2. The lowest BCUT2D eigenvalue weighted by molar-refractivity contribution is -0.120. The minimum Gasteiger partial charge on any atom is -0.355 e. The number of pyridine rings is 1. The first-order valence-corrected chi connectivity index (χ1v) is 7.51. The third-order valence-electron chi connectivity index (χ3n) is 3.35. The molecule has 1 atom stereocenters. The Hall–Kier alpha value is -1.55. The van der Waals surface area contributed by atoms with Crippen LogP contribution in [-0.2, 0) is 4.79 Å². The zero-order chi connectivity index (χ0) is 13.1. The highest BCUT2D eigenvalue weighted by molar-refractivity contribution is 8.00. The van der Waals surface area contributed by atoms with Crippen LogP contribution in [0.4, 0.5) is 0 Å². The van der Waals surface area contributed by atoms with Crippen molar-refractivity contribution < 1.29 is 4.79 Å². The van der Waals surface area contributed by atoms with E-state index in [4.69, 9.17) is 0 Å². The summed E-state index contributed by atoms with van der Waals surface area (Å²) in [4.78, 5) is 17.5. The first-order chi connectivity index (χ1) is 9.34. The molecule has 1 aromatic carbocycles. The molecule has 0 spiro atoms. The molecule has 3 rings (SSSR count). The second kappa shape index (κ2) is 5.61. The van der Waals surface area contributed by atoms with E-state index >= 15 is 0 Å². The number of benzene rings is 1. The van der Waals surface area contributed by atoms with E-state index in [9.17, 15) is 4.79 Å². The van der Waals surface area contributed by atoms with Crippen LogP contribution in [0.25, 0.3) is 10.9 Å². The van der Waals surface area contributed by atoms with Crippen molar-refractivity contribution in [3.8, 4) is 0 Å². The summed E-state index contributed by atoms with van der Waals surface area (Å²) in [5.74, 6) is 0.162. The Bertz CT molecular complexity index is 594. The molecule has 19 heavy (non-hydrogen) atoms.